The maximum Gasteiger partial charge on any atom is 0.271 e. The van der Waals surface area contributed by atoms with Crippen molar-refractivity contribution in [3.63, 3.8) is 0 Å². The summed E-state index contributed by atoms with van der Waals surface area (Å²) in [5.41, 5.74) is 6.18. The third kappa shape index (κ3) is 2.66. The molecular formula is C21H25Cl2N3O2. The van der Waals surface area contributed by atoms with E-state index < -0.39 is 5.54 Å². The number of nitrogens with two attached hydrogens (primary N) is 1. The van der Waals surface area contributed by atoms with Crippen molar-refractivity contribution in [3.8, 4) is 0 Å². The van der Waals surface area contributed by atoms with E-state index in [2.05, 4.69) is 4.98 Å². The molecule has 2 heterocycles. The molecule has 1 aromatic carbocycles. The highest BCUT2D eigenvalue weighted by atomic mass is 35.5. The van der Waals surface area contributed by atoms with Crippen LogP contribution in [0, 0.1) is 17.8 Å². The minimum atomic E-state index is -0.939. The number of likely N-dealkylation sites (tertiary alicyclic amines) is 1. The van der Waals surface area contributed by atoms with Crippen LogP contribution >= 0.6 is 23.2 Å². The van der Waals surface area contributed by atoms with Crippen molar-refractivity contribution in [1.82, 2.24) is 9.88 Å². The van der Waals surface area contributed by atoms with Crippen LogP contribution in [0.1, 0.15) is 50.0 Å². The molecule has 0 bridgehead atoms. The largest absolute Gasteiger partial charge is 0.368 e. The number of amides is 2. The fraction of sp³-hybridized carbons (Fsp3) is 0.524. The van der Waals surface area contributed by atoms with Crippen LogP contribution in [0.2, 0.25) is 10.0 Å². The molecule has 150 valence electrons. The van der Waals surface area contributed by atoms with E-state index in [1.165, 1.54) is 0 Å². The molecule has 4 atom stereocenters. The van der Waals surface area contributed by atoms with Crippen LogP contribution in [-0.4, -0.2) is 33.8 Å². The van der Waals surface area contributed by atoms with Gasteiger partial charge in [-0.25, -0.2) is 0 Å². The zero-order valence-corrected chi connectivity index (χ0v) is 17.6. The monoisotopic (exact) mass is 421 g/mol. The number of benzene rings is 1. The Balaban J connectivity index is 1.81. The van der Waals surface area contributed by atoms with Crippen LogP contribution in [0.25, 0.3) is 10.9 Å². The molecule has 2 aliphatic rings. The summed E-state index contributed by atoms with van der Waals surface area (Å²) in [5, 5.41) is 1.72. The molecule has 3 N–H and O–H groups in total. The standard InChI is InChI=1S/C21H25Cl2N3O2/c1-3-11(2)21(20(24)28)15-6-4-5-12(15)10-26(21)19(27)18-9-14-16(23)7-13(22)8-17(14)25-18/h7-9,11-12,15,25H,3-6,10H2,1-2H3,(H2,24,28). The zero-order valence-electron chi connectivity index (χ0n) is 16.1. The van der Waals surface area contributed by atoms with Crippen molar-refractivity contribution in [2.24, 2.45) is 23.5 Å². The van der Waals surface area contributed by atoms with Crippen molar-refractivity contribution < 1.29 is 9.59 Å². The number of fused-ring (bicyclic) bond motifs is 2. The van der Waals surface area contributed by atoms with Gasteiger partial charge in [0.1, 0.15) is 11.2 Å². The average molecular weight is 422 g/mol. The first kappa shape index (κ1) is 19.6. The fourth-order valence-corrected chi connectivity index (χ4v) is 6.14. The third-order valence-electron chi connectivity index (χ3n) is 6.97. The van der Waals surface area contributed by atoms with Gasteiger partial charge in [0.25, 0.3) is 5.91 Å². The maximum absolute atomic E-state index is 13.6. The van der Waals surface area contributed by atoms with Crippen molar-refractivity contribution in [3.05, 3.63) is 33.9 Å². The topological polar surface area (TPSA) is 79.2 Å². The number of carbonyl (C=O) groups excluding carboxylic acids is 2. The summed E-state index contributed by atoms with van der Waals surface area (Å²) < 4.78 is 0. The number of primary amides is 1. The highest BCUT2D eigenvalue weighted by Crippen LogP contribution is 2.52. The Morgan fingerprint density at radius 3 is 2.75 bits per heavy atom. The van der Waals surface area contributed by atoms with Gasteiger partial charge in [0.05, 0.1) is 5.02 Å². The molecule has 1 saturated heterocycles. The summed E-state index contributed by atoms with van der Waals surface area (Å²) in [4.78, 5) is 31.3. The summed E-state index contributed by atoms with van der Waals surface area (Å²) in [6, 6.07) is 5.14. The van der Waals surface area contributed by atoms with E-state index in [9.17, 15) is 9.59 Å². The second kappa shape index (κ2) is 6.96. The maximum atomic E-state index is 13.6. The first-order chi connectivity index (χ1) is 13.3. The highest BCUT2D eigenvalue weighted by molar-refractivity contribution is 6.38. The van der Waals surface area contributed by atoms with Gasteiger partial charge in [-0.1, -0.05) is 49.9 Å². The molecule has 2 fully saturated rings. The van der Waals surface area contributed by atoms with Gasteiger partial charge in [0, 0.05) is 22.5 Å². The van der Waals surface area contributed by atoms with E-state index in [-0.39, 0.29) is 23.7 Å². The van der Waals surface area contributed by atoms with Gasteiger partial charge < -0.3 is 15.6 Å². The van der Waals surface area contributed by atoms with Crippen LogP contribution in [0.4, 0.5) is 0 Å². The van der Waals surface area contributed by atoms with Gasteiger partial charge in [-0.05, 0) is 48.8 Å². The van der Waals surface area contributed by atoms with E-state index in [1.807, 2.05) is 13.8 Å². The Kier molecular flexibility index (Phi) is 4.87. The SMILES string of the molecule is CCC(C)C1(C(N)=O)C2CCCC2CN1C(=O)c1cc2c(Cl)cc(Cl)cc2[nH]1. The number of aromatic amines is 1. The summed E-state index contributed by atoms with van der Waals surface area (Å²) >= 11 is 12.4. The third-order valence-corrected chi connectivity index (χ3v) is 7.51. The normalized spacial score (nSPS) is 27.9. The first-order valence-electron chi connectivity index (χ1n) is 9.90. The van der Waals surface area contributed by atoms with E-state index >= 15 is 0 Å². The van der Waals surface area contributed by atoms with Crippen LogP contribution < -0.4 is 5.73 Å². The highest BCUT2D eigenvalue weighted by Gasteiger charge is 2.62. The zero-order chi connectivity index (χ0) is 20.2. The predicted molar refractivity (Wildman–Crippen MR) is 112 cm³/mol. The lowest BCUT2D eigenvalue weighted by Crippen LogP contribution is -2.63. The number of rotatable bonds is 4. The number of H-pyrrole nitrogens is 1. The molecule has 7 heteroatoms. The molecule has 1 aliphatic heterocycles. The lowest BCUT2D eigenvalue weighted by molar-refractivity contribution is -0.133. The number of hydrogen-bond acceptors (Lipinski definition) is 2. The smallest absolute Gasteiger partial charge is 0.271 e. The molecule has 2 amide bonds. The summed E-state index contributed by atoms with van der Waals surface area (Å²) in [7, 11) is 0. The second-order valence-corrected chi connectivity index (χ2v) is 9.09. The Labute approximate surface area is 174 Å². The van der Waals surface area contributed by atoms with Crippen LogP contribution in [0.15, 0.2) is 18.2 Å². The van der Waals surface area contributed by atoms with Crippen molar-refractivity contribution in [1.29, 1.82) is 0 Å². The minimum Gasteiger partial charge on any atom is -0.368 e. The number of aromatic nitrogens is 1. The molecule has 4 rings (SSSR count). The van der Waals surface area contributed by atoms with Crippen molar-refractivity contribution >= 4 is 45.9 Å². The lowest BCUT2D eigenvalue weighted by atomic mass is 9.71. The number of halogens is 2. The minimum absolute atomic E-state index is 0.00976. The molecule has 28 heavy (non-hydrogen) atoms. The van der Waals surface area contributed by atoms with Crippen molar-refractivity contribution in [2.75, 3.05) is 6.54 Å². The van der Waals surface area contributed by atoms with Gasteiger partial charge in [-0.3, -0.25) is 9.59 Å². The fourth-order valence-electron chi connectivity index (χ4n) is 5.59. The van der Waals surface area contributed by atoms with E-state index in [0.29, 0.717) is 33.7 Å². The Bertz CT molecular complexity index is 957. The molecule has 5 nitrogen and oxygen atoms in total. The average Bonchev–Trinajstić information content (AvgIpc) is 3.33. The molecule has 0 spiro atoms. The van der Waals surface area contributed by atoms with Gasteiger partial charge >= 0.3 is 0 Å². The van der Waals surface area contributed by atoms with Crippen LogP contribution in [0.3, 0.4) is 0 Å². The van der Waals surface area contributed by atoms with E-state index in [1.54, 1.807) is 23.1 Å². The molecule has 1 aromatic heterocycles. The number of hydrogen-bond donors (Lipinski definition) is 2. The predicted octanol–water partition coefficient (Wildman–Crippen LogP) is 4.62. The van der Waals surface area contributed by atoms with Crippen LogP contribution in [0.5, 0.6) is 0 Å². The summed E-state index contributed by atoms with van der Waals surface area (Å²) in [6.07, 6.45) is 3.84. The molecule has 1 aliphatic carbocycles. The molecule has 4 unspecified atom stereocenters. The van der Waals surface area contributed by atoms with Gasteiger partial charge in [-0.15, -0.1) is 0 Å². The Morgan fingerprint density at radius 1 is 1.32 bits per heavy atom. The molecular weight excluding hydrogens is 397 g/mol. The van der Waals surface area contributed by atoms with Crippen molar-refractivity contribution in [2.45, 2.75) is 45.1 Å². The first-order valence-corrected chi connectivity index (χ1v) is 10.7. The van der Waals surface area contributed by atoms with Gasteiger partial charge in [-0.2, -0.15) is 0 Å². The molecule has 2 aromatic rings. The van der Waals surface area contributed by atoms with Crippen LogP contribution in [-0.2, 0) is 4.79 Å². The van der Waals surface area contributed by atoms with E-state index in [0.717, 1.165) is 31.1 Å². The molecule has 1 saturated carbocycles. The second-order valence-electron chi connectivity index (χ2n) is 8.24. The van der Waals surface area contributed by atoms with E-state index in [4.69, 9.17) is 28.9 Å². The Morgan fingerprint density at radius 2 is 2.07 bits per heavy atom. The quantitative estimate of drug-likeness (QED) is 0.754. The number of nitrogens with one attached hydrogen (secondary N) is 1. The molecule has 0 radical (unpaired) electrons. The number of nitrogens with zero attached hydrogens (tertiary/aromatic N) is 1. The number of carbonyl (C=O) groups is 2. The van der Waals surface area contributed by atoms with Gasteiger partial charge in [0.15, 0.2) is 0 Å². The van der Waals surface area contributed by atoms with Gasteiger partial charge in [0.2, 0.25) is 5.91 Å². The summed E-state index contributed by atoms with van der Waals surface area (Å²) in [6.45, 7) is 4.65. The summed E-state index contributed by atoms with van der Waals surface area (Å²) in [5.74, 6) is -0.137. The lowest BCUT2D eigenvalue weighted by Gasteiger charge is -2.43. The Hall–Kier alpha value is -1.72.